The molecular formula is C15H18BrN2O2+. The van der Waals surface area contributed by atoms with Crippen molar-refractivity contribution in [1.29, 1.82) is 0 Å². The van der Waals surface area contributed by atoms with Gasteiger partial charge in [0.1, 0.15) is 0 Å². The third-order valence-electron chi connectivity index (χ3n) is 4.17. The van der Waals surface area contributed by atoms with E-state index in [-0.39, 0.29) is 17.9 Å². The lowest BCUT2D eigenvalue weighted by molar-refractivity contribution is -0.706. The molecule has 1 aromatic carbocycles. The van der Waals surface area contributed by atoms with Crippen molar-refractivity contribution in [3.8, 4) is 0 Å². The van der Waals surface area contributed by atoms with Crippen molar-refractivity contribution < 1.29 is 14.9 Å². The maximum atomic E-state index is 12.5. The zero-order valence-electron chi connectivity index (χ0n) is 11.2. The molecule has 0 spiro atoms. The molecule has 106 valence electrons. The van der Waals surface area contributed by atoms with E-state index in [4.69, 9.17) is 0 Å². The van der Waals surface area contributed by atoms with Crippen LogP contribution in [0.2, 0.25) is 0 Å². The Morgan fingerprint density at radius 1 is 1.10 bits per heavy atom. The van der Waals surface area contributed by atoms with Gasteiger partial charge in [-0.1, -0.05) is 15.9 Å². The summed E-state index contributed by atoms with van der Waals surface area (Å²) in [5, 5.41) is 2.12. The van der Waals surface area contributed by atoms with Crippen molar-refractivity contribution in [3.63, 3.8) is 0 Å². The summed E-state index contributed by atoms with van der Waals surface area (Å²) in [5.41, 5.74) is 0.672. The van der Waals surface area contributed by atoms with Crippen LogP contribution in [0.25, 0.3) is 0 Å². The molecule has 4 nitrogen and oxygen atoms in total. The Kier molecular flexibility index (Phi) is 3.89. The minimum absolute atomic E-state index is 0.0655. The molecule has 0 aromatic heterocycles. The number of imide groups is 1. The summed E-state index contributed by atoms with van der Waals surface area (Å²) in [6.45, 7) is 0. The predicted octanol–water partition coefficient (Wildman–Crippen LogP) is 1.59. The fourth-order valence-electron chi connectivity index (χ4n) is 3.15. The van der Waals surface area contributed by atoms with Crippen molar-refractivity contribution in [2.24, 2.45) is 0 Å². The first-order valence-electron chi connectivity index (χ1n) is 7.12. The van der Waals surface area contributed by atoms with E-state index >= 15 is 0 Å². The minimum Gasteiger partial charge on any atom is -0.333 e. The van der Waals surface area contributed by atoms with E-state index in [1.165, 1.54) is 17.7 Å². The summed E-state index contributed by atoms with van der Waals surface area (Å²) in [4.78, 5) is 25.9. The van der Waals surface area contributed by atoms with Crippen LogP contribution in [-0.4, -0.2) is 23.9 Å². The minimum atomic E-state index is -0.228. The monoisotopic (exact) mass is 337 g/mol. The molecule has 1 atom stereocenters. The van der Waals surface area contributed by atoms with Gasteiger partial charge in [0.15, 0.2) is 6.04 Å². The zero-order chi connectivity index (χ0) is 14.1. The number of hydrogen-bond acceptors (Lipinski definition) is 2. The van der Waals surface area contributed by atoms with Gasteiger partial charge in [-0.15, -0.1) is 0 Å². The largest absolute Gasteiger partial charge is 0.333 e. The van der Waals surface area contributed by atoms with Gasteiger partial charge in [0.25, 0.3) is 5.91 Å². The maximum absolute atomic E-state index is 12.5. The van der Waals surface area contributed by atoms with Gasteiger partial charge in [0.2, 0.25) is 5.91 Å². The van der Waals surface area contributed by atoms with Gasteiger partial charge in [0.05, 0.1) is 18.2 Å². The quantitative estimate of drug-likeness (QED) is 0.851. The van der Waals surface area contributed by atoms with Crippen LogP contribution in [0, 0.1) is 0 Å². The van der Waals surface area contributed by atoms with E-state index in [1.54, 1.807) is 12.1 Å². The number of hydrogen-bond donors (Lipinski definition) is 1. The predicted molar refractivity (Wildman–Crippen MR) is 79.2 cm³/mol. The molecule has 1 saturated heterocycles. The molecule has 1 aliphatic carbocycles. The number of quaternary nitrogens is 1. The van der Waals surface area contributed by atoms with Gasteiger partial charge >= 0.3 is 0 Å². The van der Waals surface area contributed by atoms with Crippen LogP contribution in [0.15, 0.2) is 28.7 Å². The number of carbonyl (C=O) groups excluding carboxylic acids is 2. The van der Waals surface area contributed by atoms with Gasteiger partial charge in [0, 0.05) is 4.47 Å². The van der Waals surface area contributed by atoms with Gasteiger partial charge in [-0.2, -0.15) is 0 Å². The zero-order valence-corrected chi connectivity index (χ0v) is 12.8. The maximum Gasteiger partial charge on any atom is 0.292 e. The Morgan fingerprint density at radius 3 is 2.40 bits per heavy atom. The molecular weight excluding hydrogens is 320 g/mol. The van der Waals surface area contributed by atoms with E-state index in [0.717, 1.165) is 17.3 Å². The molecule has 0 bridgehead atoms. The van der Waals surface area contributed by atoms with Gasteiger partial charge in [-0.05, 0) is 49.9 Å². The molecule has 1 aromatic rings. The van der Waals surface area contributed by atoms with Gasteiger partial charge in [-0.25, -0.2) is 4.90 Å². The molecule has 1 saturated carbocycles. The Hall–Kier alpha value is -1.20. The van der Waals surface area contributed by atoms with Crippen LogP contribution in [-0.2, 0) is 9.59 Å². The van der Waals surface area contributed by atoms with Crippen LogP contribution in [0.5, 0.6) is 0 Å². The van der Waals surface area contributed by atoms with E-state index in [1.807, 2.05) is 12.1 Å². The molecule has 0 radical (unpaired) electrons. The number of amides is 2. The third kappa shape index (κ3) is 2.65. The van der Waals surface area contributed by atoms with E-state index in [9.17, 15) is 9.59 Å². The lowest BCUT2D eigenvalue weighted by Crippen LogP contribution is -2.95. The van der Waals surface area contributed by atoms with E-state index in [2.05, 4.69) is 21.2 Å². The number of benzene rings is 1. The third-order valence-corrected chi connectivity index (χ3v) is 4.70. The first-order chi connectivity index (χ1) is 9.65. The van der Waals surface area contributed by atoms with Crippen LogP contribution >= 0.6 is 15.9 Å². The van der Waals surface area contributed by atoms with Crippen molar-refractivity contribution in [1.82, 2.24) is 0 Å². The van der Waals surface area contributed by atoms with Crippen LogP contribution < -0.4 is 10.2 Å². The number of halogens is 1. The van der Waals surface area contributed by atoms with Crippen LogP contribution in [0.3, 0.4) is 0 Å². The molecule has 20 heavy (non-hydrogen) atoms. The average Bonchev–Trinajstić information content (AvgIpc) is 3.02. The number of rotatable bonds is 3. The summed E-state index contributed by atoms with van der Waals surface area (Å²) in [5.74, 6) is -0.152. The highest BCUT2D eigenvalue weighted by molar-refractivity contribution is 9.10. The second-order valence-electron chi connectivity index (χ2n) is 5.59. The first-order valence-corrected chi connectivity index (χ1v) is 7.92. The number of nitrogens with zero attached hydrogens (tertiary/aromatic N) is 1. The molecule has 5 heteroatoms. The summed E-state index contributed by atoms with van der Waals surface area (Å²) >= 11 is 3.36. The smallest absolute Gasteiger partial charge is 0.292 e. The lowest BCUT2D eigenvalue weighted by Gasteiger charge is -2.16. The molecule has 3 rings (SSSR count). The Bertz CT molecular complexity index is 523. The normalized spacial score (nSPS) is 23.9. The van der Waals surface area contributed by atoms with Crippen molar-refractivity contribution in [2.45, 2.75) is 44.2 Å². The van der Waals surface area contributed by atoms with Crippen molar-refractivity contribution >= 4 is 33.4 Å². The average molecular weight is 338 g/mol. The first kappa shape index (κ1) is 13.8. The van der Waals surface area contributed by atoms with Gasteiger partial charge in [-0.3, -0.25) is 9.59 Å². The molecule has 1 aliphatic heterocycles. The molecule has 1 unspecified atom stereocenters. The number of nitrogens with two attached hydrogens (primary N) is 1. The second kappa shape index (κ2) is 5.66. The molecule has 1 heterocycles. The molecule has 2 N–H and O–H groups in total. The lowest BCUT2D eigenvalue weighted by atomic mass is 10.2. The molecule has 2 amide bonds. The fraction of sp³-hybridized carbons (Fsp3) is 0.467. The Balaban J connectivity index is 1.74. The SMILES string of the molecule is O=C1CC([NH2+]C2CCCC2)C(=O)N1c1ccc(Br)cc1. The standard InChI is InChI=1S/C15H17BrN2O2/c16-10-5-7-12(8-6-10)18-14(19)9-13(15(18)20)17-11-3-1-2-4-11/h5-8,11,13,17H,1-4,9H2/p+1. The Labute approximate surface area is 126 Å². The topological polar surface area (TPSA) is 54.0 Å². The second-order valence-corrected chi connectivity index (χ2v) is 6.51. The van der Waals surface area contributed by atoms with Gasteiger partial charge < -0.3 is 5.32 Å². The summed E-state index contributed by atoms with van der Waals surface area (Å²) < 4.78 is 0.939. The number of carbonyl (C=O) groups is 2. The highest BCUT2D eigenvalue weighted by atomic mass is 79.9. The van der Waals surface area contributed by atoms with Crippen molar-refractivity contribution in [2.75, 3.05) is 4.90 Å². The molecule has 2 fully saturated rings. The van der Waals surface area contributed by atoms with E-state index in [0.29, 0.717) is 18.2 Å². The number of anilines is 1. The van der Waals surface area contributed by atoms with E-state index < -0.39 is 0 Å². The highest BCUT2D eigenvalue weighted by Crippen LogP contribution is 2.24. The van der Waals surface area contributed by atoms with Crippen LogP contribution in [0.1, 0.15) is 32.1 Å². The van der Waals surface area contributed by atoms with Crippen LogP contribution in [0.4, 0.5) is 5.69 Å². The van der Waals surface area contributed by atoms with Crippen molar-refractivity contribution in [3.05, 3.63) is 28.7 Å². The fourth-order valence-corrected chi connectivity index (χ4v) is 3.41. The summed E-state index contributed by atoms with van der Waals surface area (Å²) in [7, 11) is 0. The summed E-state index contributed by atoms with van der Waals surface area (Å²) in [6.07, 6.45) is 5.14. The summed E-state index contributed by atoms with van der Waals surface area (Å²) in [6, 6.07) is 7.60. The molecule has 2 aliphatic rings. The highest BCUT2D eigenvalue weighted by Gasteiger charge is 2.43. The Morgan fingerprint density at radius 2 is 1.75 bits per heavy atom.